The number of aliphatic hydroxyl groups is 1. The second-order valence-corrected chi connectivity index (χ2v) is 8.25. The van der Waals surface area contributed by atoms with Crippen molar-refractivity contribution in [3.05, 3.63) is 95.6 Å². The van der Waals surface area contributed by atoms with Gasteiger partial charge in [0.2, 0.25) is 0 Å². The summed E-state index contributed by atoms with van der Waals surface area (Å²) in [5, 5.41) is 9.80. The highest BCUT2D eigenvalue weighted by atomic mass is 19.2. The summed E-state index contributed by atoms with van der Waals surface area (Å²) in [6, 6.07) is 23.4. The first-order valence-corrected chi connectivity index (χ1v) is 11.0. The van der Waals surface area contributed by atoms with Gasteiger partial charge in [0, 0.05) is 0 Å². The molecule has 0 aromatic heterocycles. The van der Waals surface area contributed by atoms with E-state index in [9.17, 15) is 5.11 Å². The molecule has 1 aliphatic rings. The van der Waals surface area contributed by atoms with Gasteiger partial charge in [-0.15, -0.1) is 0 Å². The molecule has 1 saturated heterocycles. The third-order valence-corrected chi connectivity index (χ3v) is 6.24. The van der Waals surface area contributed by atoms with Crippen LogP contribution in [-0.4, -0.2) is 50.2 Å². The molecule has 1 heterocycles. The normalized spacial score (nSPS) is 24.7. The van der Waals surface area contributed by atoms with E-state index in [-0.39, 0.29) is 0 Å². The minimum Gasteiger partial charge on any atom is -0.497 e. The van der Waals surface area contributed by atoms with Crippen molar-refractivity contribution in [2.45, 2.75) is 36.8 Å². The van der Waals surface area contributed by atoms with Crippen molar-refractivity contribution in [3.8, 4) is 11.5 Å². The summed E-state index contributed by atoms with van der Waals surface area (Å²) < 4.78 is 53.3. The largest absolute Gasteiger partial charge is 0.497 e. The Labute approximate surface area is 197 Å². The van der Waals surface area contributed by atoms with Crippen LogP contribution in [0.1, 0.15) is 23.6 Å². The molecule has 0 bridgehead atoms. The lowest BCUT2D eigenvalue weighted by Crippen LogP contribution is -2.49. The summed E-state index contributed by atoms with van der Waals surface area (Å²) in [4.78, 5) is 0. The first-order valence-electron chi connectivity index (χ1n) is 11.0. The zero-order chi connectivity index (χ0) is 24.3. The van der Waals surface area contributed by atoms with Gasteiger partial charge in [0.1, 0.15) is 23.7 Å². The Kier molecular flexibility index (Phi) is 6.89. The van der Waals surface area contributed by atoms with Crippen LogP contribution >= 0.6 is 0 Å². The van der Waals surface area contributed by atoms with Gasteiger partial charge in [0.15, 0.2) is 12.3 Å². The van der Waals surface area contributed by atoms with Gasteiger partial charge in [-0.25, -0.2) is 8.78 Å². The highest BCUT2D eigenvalue weighted by Crippen LogP contribution is 2.47. The highest BCUT2D eigenvalue weighted by Gasteiger charge is 2.59. The smallest absolute Gasteiger partial charge is 0.262 e. The van der Waals surface area contributed by atoms with E-state index in [1.54, 1.807) is 62.8 Å². The first-order chi connectivity index (χ1) is 16.4. The Morgan fingerprint density at radius 3 is 1.76 bits per heavy atom. The van der Waals surface area contributed by atoms with E-state index in [1.165, 1.54) is 6.92 Å². The Bertz CT molecular complexity index is 1030. The number of hydrogen-bond acceptors (Lipinski definition) is 5. The third-order valence-electron chi connectivity index (χ3n) is 6.24. The van der Waals surface area contributed by atoms with E-state index >= 15 is 8.78 Å². The lowest BCUT2D eigenvalue weighted by atomic mass is 9.79. The summed E-state index contributed by atoms with van der Waals surface area (Å²) in [7, 11) is 3.12. The van der Waals surface area contributed by atoms with Crippen LogP contribution in [0, 0.1) is 0 Å². The van der Waals surface area contributed by atoms with Gasteiger partial charge in [0.05, 0.1) is 20.3 Å². The van der Waals surface area contributed by atoms with Gasteiger partial charge in [-0.05, 0) is 47.9 Å². The van der Waals surface area contributed by atoms with Gasteiger partial charge in [-0.1, -0.05) is 54.6 Å². The van der Waals surface area contributed by atoms with E-state index in [0.29, 0.717) is 28.2 Å². The molecular weight excluding hydrogens is 442 g/mol. The van der Waals surface area contributed by atoms with E-state index < -0.39 is 36.4 Å². The maximum absolute atomic E-state index is 15.6. The van der Waals surface area contributed by atoms with Crippen LogP contribution in [0.3, 0.4) is 0 Å². The summed E-state index contributed by atoms with van der Waals surface area (Å²) in [5.41, 5.74) is 0.458. The molecule has 1 aliphatic heterocycles. The molecule has 1 fully saturated rings. The molecule has 3 aromatic rings. The molecule has 7 heteroatoms. The molecule has 0 saturated carbocycles. The molecule has 4 atom stereocenters. The van der Waals surface area contributed by atoms with Crippen molar-refractivity contribution < 1.29 is 32.8 Å². The molecule has 5 nitrogen and oxygen atoms in total. The summed E-state index contributed by atoms with van der Waals surface area (Å²) in [6.07, 6.45) is -4.60. The van der Waals surface area contributed by atoms with Crippen LogP contribution in [-0.2, 0) is 15.1 Å². The van der Waals surface area contributed by atoms with E-state index in [0.717, 1.165) is 0 Å². The fourth-order valence-electron chi connectivity index (χ4n) is 4.42. The van der Waals surface area contributed by atoms with Crippen molar-refractivity contribution >= 4 is 0 Å². The minimum absolute atomic E-state index is 0.622. The first kappa shape index (κ1) is 24.1. The predicted octanol–water partition coefficient (Wildman–Crippen LogP) is 4.80. The number of methoxy groups -OCH3 is 2. The van der Waals surface area contributed by atoms with Gasteiger partial charge >= 0.3 is 0 Å². The topological polar surface area (TPSA) is 57.2 Å². The summed E-state index contributed by atoms with van der Waals surface area (Å²) >= 11 is 0. The SMILES string of the molecule is COc1ccc(C(O[C@H]2[C@@H](F)[C@H](C)O[C@]2(F)CO)(c2ccccc2)c2ccc(OC)cc2)cc1. The number of benzene rings is 3. The quantitative estimate of drug-likeness (QED) is 0.480. The van der Waals surface area contributed by atoms with Crippen LogP contribution in [0.5, 0.6) is 11.5 Å². The number of hydrogen-bond donors (Lipinski definition) is 1. The van der Waals surface area contributed by atoms with Crippen LogP contribution < -0.4 is 9.47 Å². The number of rotatable bonds is 8. The maximum Gasteiger partial charge on any atom is 0.262 e. The van der Waals surface area contributed by atoms with Crippen LogP contribution in [0.15, 0.2) is 78.9 Å². The van der Waals surface area contributed by atoms with Crippen molar-refractivity contribution in [2.24, 2.45) is 0 Å². The second-order valence-electron chi connectivity index (χ2n) is 8.25. The molecule has 180 valence electrons. The van der Waals surface area contributed by atoms with Crippen molar-refractivity contribution in [3.63, 3.8) is 0 Å². The third kappa shape index (κ3) is 4.15. The van der Waals surface area contributed by atoms with Gasteiger partial charge in [0.25, 0.3) is 5.85 Å². The molecule has 0 aliphatic carbocycles. The second kappa shape index (κ2) is 9.70. The number of halogens is 2. The standard InChI is InChI=1S/C27H28F2O5/c1-18-24(28)25(26(29,17-30)33-18)34-27(19-7-5-4-6-8-19,20-9-13-22(31-2)14-10-20)21-11-15-23(32-3)16-12-21/h4-16,18,24-25,30H,17H2,1-3H3/t18-,24-,25-,26+/m0/s1. The zero-order valence-corrected chi connectivity index (χ0v) is 19.3. The molecule has 0 unspecified atom stereocenters. The highest BCUT2D eigenvalue weighted by molar-refractivity contribution is 5.50. The van der Waals surface area contributed by atoms with E-state index in [1.807, 2.05) is 30.3 Å². The van der Waals surface area contributed by atoms with E-state index in [4.69, 9.17) is 18.9 Å². The average Bonchev–Trinajstić information content (AvgIpc) is 3.11. The minimum atomic E-state index is -2.71. The Hall–Kier alpha value is -3.00. The molecule has 0 spiro atoms. The van der Waals surface area contributed by atoms with Crippen molar-refractivity contribution in [2.75, 3.05) is 20.8 Å². The molecule has 34 heavy (non-hydrogen) atoms. The Morgan fingerprint density at radius 2 is 1.32 bits per heavy atom. The summed E-state index contributed by atoms with van der Waals surface area (Å²) in [6.45, 7) is 0.376. The monoisotopic (exact) mass is 470 g/mol. The van der Waals surface area contributed by atoms with Crippen LogP contribution in [0.2, 0.25) is 0 Å². The van der Waals surface area contributed by atoms with Crippen molar-refractivity contribution in [1.82, 2.24) is 0 Å². The molecule has 3 aromatic carbocycles. The number of aliphatic hydroxyl groups excluding tert-OH is 1. The molecular formula is C27H28F2O5. The molecule has 0 radical (unpaired) electrons. The Morgan fingerprint density at radius 1 is 0.853 bits per heavy atom. The Balaban J connectivity index is 1.97. The van der Waals surface area contributed by atoms with Crippen LogP contribution in [0.25, 0.3) is 0 Å². The van der Waals surface area contributed by atoms with Gasteiger partial charge < -0.3 is 24.1 Å². The lowest BCUT2D eigenvalue weighted by molar-refractivity contribution is -0.223. The average molecular weight is 471 g/mol. The van der Waals surface area contributed by atoms with E-state index in [2.05, 4.69) is 0 Å². The van der Waals surface area contributed by atoms with Crippen molar-refractivity contribution in [1.29, 1.82) is 0 Å². The molecule has 4 rings (SSSR count). The number of ether oxygens (including phenoxy) is 4. The van der Waals surface area contributed by atoms with Gasteiger partial charge in [-0.2, -0.15) is 0 Å². The molecule has 0 amide bonds. The predicted molar refractivity (Wildman–Crippen MR) is 124 cm³/mol. The fourth-order valence-corrected chi connectivity index (χ4v) is 4.42. The van der Waals surface area contributed by atoms with Gasteiger partial charge in [-0.3, -0.25) is 0 Å². The summed E-state index contributed by atoms with van der Waals surface area (Å²) in [5.74, 6) is -1.47. The fraction of sp³-hybridized carbons (Fsp3) is 0.333. The number of alkyl halides is 2. The molecule has 1 N–H and O–H groups in total. The lowest BCUT2D eigenvalue weighted by Gasteiger charge is -2.40. The zero-order valence-electron chi connectivity index (χ0n) is 19.3. The maximum atomic E-state index is 15.6. The van der Waals surface area contributed by atoms with Crippen LogP contribution in [0.4, 0.5) is 8.78 Å².